The van der Waals surface area contributed by atoms with Crippen molar-refractivity contribution in [2.24, 2.45) is 0 Å². The molecule has 3 aromatic rings. The predicted octanol–water partition coefficient (Wildman–Crippen LogP) is 1.59. The molecular weight excluding hydrogens is 396 g/mol. The Morgan fingerprint density at radius 3 is 2.58 bits per heavy atom. The van der Waals surface area contributed by atoms with Gasteiger partial charge in [0.05, 0.1) is 11.5 Å². The molecular formula is C20H19BrN2O3. The molecule has 0 fully saturated rings. The molecule has 1 atom stereocenters. The Labute approximate surface area is 161 Å². The third-order valence-corrected chi connectivity index (χ3v) is 5.48. The molecule has 2 heterocycles. The smallest absolute Gasteiger partial charge is 0.433 e. The van der Waals surface area contributed by atoms with E-state index in [1.807, 2.05) is 6.07 Å². The molecule has 1 aromatic heterocycles. The Hall–Kier alpha value is -2.47. The van der Waals surface area contributed by atoms with Gasteiger partial charge in [-0.05, 0) is 29.8 Å². The van der Waals surface area contributed by atoms with Crippen LogP contribution < -0.4 is 17.0 Å². The number of hydrogen-bond acceptors (Lipinski definition) is 3. The van der Waals surface area contributed by atoms with Crippen LogP contribution in [0.1, 0.15) is 25.2 Å². The number of nitro groups is 1. The number of halogens is 1. The van der Waals surface area contributed by atoms with Crippen LogP contribution >= 0.6 is 0 Å². The van der Waals surface area contributed by atoms with E-state index in [0.29, 0.717) is 12.2 Å². The summed E-state index contributed by atoms with van der Waals surface area (Å²) in [7, 11) is 2.07. The van der Waals surface area contributed by atoms with Gasteiger partial charge >= 0.3 is 5.88 Å². The van der Waals surface area contributed by atoms with Crippen LogP contribution in [0, 0.1) is 10.1 Å². The number of rotatable bonds is 3. The molecule has 5 nitrogen and oxygen atoms in total. The van der Waals surface area contributed by atoms with Gasteiger partial charge in [0.15, 0.2) is 5.71 Å². The van der Waals surface area contributed by atoms with Gasteiger partial charge in [0, 0.05) is 25.0 Å². The number of nitrogens with zero attached hydrogens (tertiary/aromatic N) is 2. The SMILES string of the molecule is CC1=[N+](C)c2ccc3ccccc3c2C1(C)Cc1ccc([N+](=O)[O-])o1.[Br-]. The molecule has 6 heteroatoms. The molecule has 1 unspecified atom stereocenters. The second kappa shape index (κ2) is 6.36. The third-order valence-electron chi connectivity index (χ3n) is 5.48. The van der Waals surface area contributed by atoms with E-state index in [-0.39, 0.29) is 28.3 Å². The summed E-state index contributed by atoms with van der Waals surface area (Å²) in [5, 5.41) is 13.3. The lowest BCUT2D eigenvalue weighted by Gasteiger charge is -2.22. The zero-order chi connectivity index (χ0) is 17.8. The summed E-state index contributed by atoms with van der Waals surface area (Å²) in [6.45, 7) is 4.30. The van der Waals surface area contributed by atoms with E-state index in [1.54, 1.807) is 6.07 Å². The topological polar surface area (TPSA) is 59.3 Å². The molecule has 0 bridgehead atoms. The van der Waals surface area contributed by atoms with E-state index in [0.717, 1.165) is 0 Å². The quantitative estimate of drug-likeness (QED) is 0.371. The van der Waals surface area contributed by atoms with Crippen molar-refractivity contribution in [1.82, 2.24) is 0 Å². The van der Waals surface area contributed by atoms with Crippen molar-refractivity contribution in [3.8, 4) is 0 Å². The summed E-state index contributed by atoms with van der Waals surface area (Å²) in [5.41, 5.74) is 3.36. The normalized spacial score (nSPS) is 18.7. The van der Waals surface area contributed by atoms with Gasteiger partial charge in [0.1, 0.15) is 17.7 Å². The van der Waals surface area contributed by atoms with Gasteiger partial charge < -0.3 is 21.4 Å². The van der Waals surface area contributed by atoms with E-state index in [4.69, 9.17) is 4.42 Å². The van der Waals surface area contributed by atoms with E-state index in [2.05, 4.69) is 55.8 Å². The molecule has 1 aliphatic heterocycles. The highest BCUT2D eigenvalue weighted by molar-refractivity contribution is 6.02. The molecule has 0 spiro atoms. The highest BCUT2D eigenvalue weighted by Crippen LogP contribution is 2.45. The molecule has 0 saturated carbocycles. The standard InChI is InChI=1S/C20H19N2O3.BrH/c1-13-20(2,12-15-9-11-18(25-15)22(23)24)19-16-7-5-4-6-14(16)8-10-17(19)21(13)3;/h4-11H,12H2,1-3H3;1H/q+1;/p-1. The highest BCUT2D eigenvalue weighted by Gasteiger charge is 2.47. The summed E-state index contributed by atoms with van der Waals surface area (Å²) < 4.78 is 7.66. The van der Waals surface area contributed by atoms with E-state index in [9.17, 15) is 10.1 Å². The Morgan fingerprint density at radius 2 is 1.88 bits per heavy atom. The highest BCUT2D eigenvalue weighted by atomic mass is 79.9. The van der Waals surface area contributed by atoms with Crippen molar-refractivity contribution in [1.29, 1.82) is 0 Å². The molecule has 0 N–H and O–H groups in total. The van der Waals surface area contributed by atoms with Crippen molar-refractivity contribution in [2.75, 3.05) is 7.05 Å². The first-order valence-corrected chi connectivity index (χ1v) is 8.25. The van der Waals surface area contributed by atoms with Crippen LogP contribution in [-0.4, -0.2) is 22.3 Å². The van der Waals surface area contributed by atoms with Gasteiger partial charge in [-0.15, -0.1) is 0 Å². The monoisotopic (exact) mass is 414 g/mol. The Bertz CT molecular complexity index is 1050. The molecule has 134 valence electrons. The number of furan rings is 1. The second-order valence-electron chi connectivity index (χ2n) is 6.83. The van der Waals surface area contributed by atoms with Crippen LogP contribution in [0.4, 0.5) is 11.6 Å². The summed E-state index contributed by atoms with van der Waals surface area (Å²) in [5.74, 6) is 0.420. The minimum Gasteiger partial charge on any atom is -1.00 e. The molecule has 26 heavy (non-hydrogen) atoms. The number of fused-ring (bicyclic) bond motifs is 3. The van der Waals surface area contributed by atoms with Crippen LogP contribution in [0.15, 0.2) is 52.9 Å². The molecule has 2 aromatic carbocycles. The first-order chi connectivity index (χ1) is 11.9. The zero-order valence-electron chi connectivity index (χ0n) is 14.8. The average Bonchev–Trinajstić information content (AvgIpc) is 3.14. The van der Waals surface area contributed by atoms with Crippen molar-refractivity contribution in [2.45, 2.75) is 25.7 Å². The maximum Gasteiger partial charge on any atom is 0.433 e. The second-order valence-corrected chi connectivity index (χ2v) is 6.83. The van der Waals surface area contributed by atoms with Crippen molar-refractivity contribution in [3.05, 3.63) is 70.0 Å². The van der Waals surface area contributed by atoms with Gasteiger partial charge in [-0.3, -0.25) is 10.1 Å². The van der Waals surface area contributed by atoms with Crippen LogP contribution in [0.5, 0.6) is 0 Å². The Kier molecular flexibility index (Phi) is 4.48. The summed E-state index contributed by atoms with van der Waals surface area (Å²) in [6, 6.07) is 15.8. The average molecular weight is 415 g/mol. The summed E-state index contributed by atoms with van der Waals surface area (Å²) in [6.07, 6.45) is 0.581. The zero-order valence-corrected chi connectivity index (χ0v) is 16.4. The van der Waals surface area contributed by atoms with E-state index >= 15 is 0 Å². The minimum atomic E-state index is -0.494. The molecule has 1 aliphatic rings. The van der Waals surface area contributed by atoms with Gasteiger partial charge in [-0.2, -0.15) is 0 Å². The largest absolute Gasteiger partial charge is 1.00 e. The molecule has 0 radical (unpaired) electrons. The first kappa shape index (κ1) is 18.3. The lowest BCUT2D eigenvalue weighted by atomic mass is 9.74. The number of benzene rings is 2. The Balaban J connectivity index is 0.00000196. The fourth-order valence-electron chi connectivity index (χ4n) is 3.98. The van der Waals surface area contributed by atoms with E-state index < -0.39 is 4.92 Å². The number of hydrogen-bond donors (Lipinski definition) is 0. The minimum absolute atomic E-state index is 0. The van der Waals surface area contributed by atoms with Gasteiger partial charge in [0.2, 0.25) is 5.69 Å². The van der Waals surface area contributed by atoms with Crippen LogP contribution in [0.2, 0.25) is 0 Å². The van der Waals surface area contributed by atoms with E-state index in [1.165, 1.54) is 33.8 Å². The third kappa shape index (κ3) is 2.56. The maximum absolute atomic E-state index is 10.9. The molecule has 4 rings (SSSR count). The van der Waals surface area contributed by atoms with Crippen LogP contribution in [0.25, 0.3) is 10.8 Å². The molecule has 0 saturated heterocycles. The maximum atomic E-state index is 10.9. The Morgan fingerprint density at radius 1 is 1.15 bits per heavy atom. The van der Waals surface area contributed by atoms with Gasteiger partial charge in [-0.1, -0.05) is 24.3 Å². The van der Waals surface area contributed by atoms with Crippen LogP contribution in [0.3, 0.4) is 0 Å². The van der Waals surface area contributed by atoms with Crippen molar-refractivity contribution < 1.29 is 30.9 Å². The van der Waals surface area contributed by atoms with Crippen molar-refractivity contribution >= 4 is 28.1 Å². The fraction of sp³-hybridized carbons (Fsp3) is 0.250. The lowest BCUT2D eigenvalue weighted by molar-refractivity contribution is -0.403. The summed E-state index contributed by atoms with van der Waals surface area (Å²) in [4.78, 5) is 10.4. The fourth-order valence-corrected chi connectivity index (χ4v) is 3.98. The first-order valence-electron chi connectivity index (χ1n) is 8.25. The lowest BCUT2D eigenvalue weighted by Crippen LogP contribution is -3.00. The van der Waals surface area contributed by atoms with Gasteiger partial charge in [0.25, 0.3) is 0 Å². The molecule has 0 aliphatic carbocycles. The van der Waals surface area contributed by atoms with Crippen LogP contribution in [-0.2, 0) is 11.8 Å². The predicted molar refractivity (Wildman–Crippen MR) is 96.9 cm³/mol. The van der Waals surface area contributed by atoms with Crippen molar-refractivity contribution in [3.63, 3.8) is 0 Å². The summed E-state index contributed by atoms with van der Waals surface area (Å²) >= 11 is 0. The molecule has 0 amide bonds. The van der Waals surface area contributed by atoms with Gasteiger partial charge in [-0.25, -0.2) is 4.58 Å².